The zero-order chi connectivity index (χ0) is 11.4. The first-order chi connectivity index (χ1) is 7.74. The summed E-state index contributed by atoms with van der Waals surface area (Å²) in [7, 11) is 1.77. The Bertz CT molecular complexity index is 332. The molecule has 2 rings (SSSR count). The van der Waals surface area contributed by atoms with E-state index in [1.165, 1.54) is 30.5 Å². The van der Waals surface area contributed by atoms with Crippen LogP contribution in [0.5, 0.6) is 0 Å². The molecule has 0 radical (unpaired) electrons. The molecule has 5 nitrogen and oxygen atoms in total. The first-order valence-electron chi connectivity index (χ1n) is 5.74. The lowest BCUT2D eigenvalue weighted by Gasteiger charge is -2.26. The number of hydrogen-bond acceptors (Lipinski definition) is 4. The van der Waals surface area contributed by atoms with Crippen molar-refractivity contribution in [3.8, 4) is 0 Å². The minimum atomic E-state index is 0.295. The van der Waals surface area contributed by atoms with Gasteiger partial charge in [-0.3, -0.25) is 0 Å². The zero-order valence-electron chi connectivity index (χ0n) is 9.62. The van der Waals surface area contributed by atoms with Crippen LogP contribution in [-0.2, 0) is 13.6 Å². The van der Waals surface area contributed by atoms with Gasteiger partial charge in [0.05, 0.1) is 13.6 Å². The molecule has 0 aliphatic heterocycles. The summed E-state index contributed by atoms with van der Waals surface area (Å²) in [6.07, 6.45) is 5.07. The number of nitrogens with zero attached hydrogens (tertiary/aromatic N) is 4. The van der Waals surface area contributed by atoms with E-state index >= 15 is 0 Å². The lowest BCUT2D eigenvalue weighted by Crippen LogP contribution is -2.33. The van der Waals surface area contributed by atoms with Gasteiger partial charge in [0.25, 0.3) is 0 Å². The van der Waals surface area contributed by atoms with Crippen molar-refractivity contribution < 1.29 is 0 Å². The molecule has 90 valence electrons. The molecule has 1 aromatic heterocycles. The molecule has 1 N–H and O–H groups in total. The highest BCUT2D eigenvalue weighted by Gasteiger charge is 2.32. The number of tetrazole rings is 1. The van der Waals surface area contributed by atoms with Gasteiger partial charge in [-0.2, -0.15) is 4.80 Å². The van der Waals surface area contributed by atoms with Gasteiger partial charge in [0.15, 0.2) is 5.82 Å². The first kappa shape index (κ1) is 11.8. The maximum Gasteiger partial charge on any atom is 0.188 e. The molecule has 6 heteroatoms. The molecule has 1 aromatic rings. The molecular formula is C10H18ClN5. The van der Waals surface area contributed by atoms with Crippen molar-refractivity contribution in [1.82, 2.24) is 25.5 Å². The Labute approximate surface area is 101 Å². The third kappa shape index (κ3) is 2.71. The molecular weight excluding hydrogens is 226 g/mol. The summed E-state index contributed by atoms with van der Waals surface area (Å²) in [5.74, 6) is 1.48. The van der Waals surface area contributed by atoms with E-state index in [1.54, 1.807) is 7.05 Å². The van der Waals surface area contributed by atoms with Crippen molar-refractivity contribution >= 4 is 11.6 Å². The maximum atomic E-state index is 6.06. The Morgan fingerprint density at radius 3 is 2.75 bits per heavy atom. The second-order valence-electron chi connectivity index (χ2n) is 4.64. The van der Waals surface area contributed by atoms with Gasteiger partial charge in [0.2, 0.25) is 0 Å². The molecule has 0 aromatic carbocycles. The van der Waals surface area contributed by atoms with Crippen molar-refractivity contribution in [2.24, 2.45) is 12.5 Å². The molecule has 0 bridgehead atoms. The molecule has 1 aliphatic rings. The fraction of sp³-hybridized carbons (Fsp3) is 0.900. The van der Waals surface area contributed by atoms with Gasteiger partial charge in [-0.25, -0.2) is 0 Å². The second kappa shape index (κ2) is 5.10. The molecule has 1 fully saturated rings. The summed E-state index contributed by atoms with van der Waals surface area (Å²) < 4.78 is 0. The Hall–Kier alpha value is -0.680. The number of hydrogen-bond donors (Lipinski definition) is 1. The van der Waals surface area contributed by atoms with Crippen LogP contribution < -0.4 is 5.32 Å². The highest BCUT2D eigenvalue weighted by Crippen LogP contribution is 2.38. The van der Waals surface area contributed by atoms with E-state index in [2.05, 4.69) is 20.7 Å². The normalized spacial score (nSPS) is 19.1. The highest BCUT2D eigenvalue weighted by molar-refractivity contribution is 6.18. The fourth-order valence-electron chi connectivity index (χ4n) is 2.32. The number of aromatic nitrogens is 4. The van der Waals surface area contributed by atoms with Gasteiger partial charge in [-0.1, -0.05) is 12.8 Å². The predicted octanol–water partition coefficient (Wildman–Crippen LogP) is 1.10. The van der Waals surface area contributed by atoms with Crippen LogP contribution in [-0.4, -0.2) is 32.6 Å². The largest absolute Gasteiger partial charge is 0.309 e. The SMILES string of the molecule is Cn1nnc(CNCC2(CCl)CCCC2)n1. The molecule has 0 unspecified atom stereocenters. The minimum absolute atomic E-state index is 0.295. The molecule has 16 heavy (non-hydrogen) atoms. The van der Waals surface area contributed by atoms with Crippen molar-refractivity contribution in [1.29, 1.82) is 0 Å². The van der Waals surface area contributed by atoms with E-state index in [0.29, 0.717) is 12.0 Å². The molecule has 0 saturated heterocycles. The van der Waals surface area contributed by atoms with E-state index < -0.39 is 0 Å². The number of rotatable bonds is 5. The predicted molar refractivity (Wildman–Crippen MR) is 62.1 cm³/mol. The molecule has 0 atom stereocenters. The topological polar surface area (TPSA) is 55.6 Å². The molecule has 1 saturated carbocycles. The van der Waals surface area contributed by atoms with Crippen LogP contribution in [0.4, 0.5) is 0 Å². The van der Waals surface area contributed by atoms with Crippen molar-refractivity contribution in [3.63, 3.8) is 0 Å². The monoisotopic (exact) mass is 243 g/mol. The maximum absolute atomic E-state index is 6.06. The van der Waals surface area contributed by atoms with Gasteiger partial charge in [0, 0.05) is 12.4 Å². The minimum Gasteiger partial charge on any atom is -0.309 e. The van der Waals surface area contributed by atoms with Crippen LogP contribution in [0.2, 0.25) is 0 Å². The molecule has 0 amide bonds. The van der Waals surface area contributed by atoms with Crippen LogP contribution in [0.3, 0.4) is 0 Å². The van der Waals surface area contributed by atoms with Gasteiger partial charge in [-0.05, 0) is 23.5 Å². The number of nitrogens with one attached hydrogen (secondary N) is 1. The highest BCUT2D eigenvalue weighted by atomic mass is 35.5. The van der Waals surface area contributed by atoms with Crippen molar-refractivity contribution in [2.75, 3.05) is 12.4 Å². The Kier molecular flexibility index (Phi) is 3.76. The summed E-state index contributed by atoms with van der Waals surface area (Å²) in [6.45, 7) is 1.63. The quantitative estimate of drug-likeness (QED) is 0.787. The van der Waals surface area contributed by atoms with Gasteiger partial charge >= 0.3 is 0 Å². The lowest BCUT2D eigenvalue weighted by atomic mass is 9.88. The van der Waals surface area contributed by atoms with Gasteiger partial charge in [0.1, 0.15) is 0 Å². The standard InChI is InChI=1S/C10H18ClN5/c1-16-14-9(13-15-16)6-12-8-10(7-11)4-2-3-5-10/h12H,2-8H2,1H3. The van der Waals surface area contributed by atoms with E-state index in [0.717, 1.165) is 18.2 Å². The van der Waals surface area contributed by atoms with E-state index in [-0.39, 0.29) is 0 Å². The van der Waals surface area contributed by atoms with E-state index in [1.807, 2.05) is 0 Å². The molecule has 1 heterocycles. The first-order valence-corrected chi connectivity index (χ1v) is 6.27. The van der Waals surface area contributed by atoms with E-state index in [4.69, 9.17) is 11.6 Å². The van der Waals surface area contributed by atoms with Crippen molar-refractivity contribution in [3.05, 3.63) is 5.82 Å². The van der Waals surface area contributed by atoms with Crippen LogP contribution >= 0.6 is 11.6 Å². The summed E-state index contributed by atoms with van der Waals surface area (Å²) in [4.78, 5) is 1.48. The second-order valence-corrected chi connectivity index (χ2v) is 4.91. The van der Waals surface area contributed by atoms with Gasteiger partial charge in [-0.15, -0.1) is 21.8 Å². The average molecular weight is 244 g/mol. The third-order valence-corrected chi connectivity index (χ3v) is 3.85. The molecule has 1 aliphatic carbocycles. The van der Waals surface area contributed by atoms with Gasteiger partial charge < -0.3 is 5.32 Å². The summed E-state index contributed by atoms with van der Waals surface area (Å²) in [5.41, 5.74) is 0.295. The van der Waals surface area contributed by atoms with Crippen LogP contribution in [0.1, 0.15) is 31.5 Å². The average Bonchev–Trinajstić information content (AvgIpc) is 2.89. The lowest BCUT2D eigenvalue weighted by molar-refractivity contribution is 0.319. The smallest absolute Gasteiger partial charge is 0.188 e. The van der Waals surface area contributed by atoms with E-state index in [9.17, 15) is 0 Å². The van der Waals surface area contributed by atoms with Crippen LogP contribution in [0.25, 0.3) is 0 Å². The molecule has 0 spiro atoms. The van der Waals surface area contributed by atoms with Crippen LogP contribution in [0.15, 0.2) is 0 Å². The Morgan fingerprint density at radius 2 is 2.19 bits per heavy atom. The Morgan fingerprint density at radius 1 is 1.44 bits per heavy atom. The van der Waals surface area contributed by atoms with Crippen molar-refractivity contribution in [2.45, 2.75) is 32.2 Å². The Balaban J connectivity index is 1.78. The third-order valence-electron chi connectivity index (χ3n) is 3.28. The number of aryl methyl sites for hydroxylation is 1. The number of alkyl halides is 1. The fourth-order valence-corrected chi connectivity index (χ4v) is 2.68. The summed E-state index contributed by atoms with van der Waals surface area (Å²) >= 11 is 6.06. The zero-order valence-corrected chi connectivity index (χ0v) is 10.4. The summed E-state index contributed by atoms with van der Waals surface area (Å²) in [6, 6.07) is 0. The number of halogens is 1. The summed E-state index contributed by atoms with van der Waals surface area (Å²) in [5, 5.41) is 15.2. The van der Waals surface area contributed by atoms with Crippen LogP contribution in [0, 0.1) is 5.41 Å².